The van der Waals surface area contributed by atoms with Crippen molar-refractivity contribution >= 4 is 44.1 Å². The third kappa shape index (κ3) is 3.98. The van der Waals surface area contributed by atoms with E-state index in [9.17, 15) is 18.0 Å². The standard InChI is InChI=1S/C25H23N5O4S2/c31-23(24-26-9-11-35-24)27-19-13-28(14-19)20-15-29(16-20)25(32)18-6-7-22-17(12-18)8-10-30(22)36(33,34)21-4-2-1-3-5-21/h1-12,19-20H,13-16H2,(H,27,31). The highest BCUT2D eigenvalue weighted by atomic mass is 32.2. The molecule has 0 radical (unpaired) electrons. The number of hydrogen-bond donors (Lipinski definition) is 1. The molecule has 6 rings (SSSR count). The van der Waals surface area contributed by atoms with Gasteiger partial charge in [0.25, 0.3) is 21.8 Å². The molecule has 0 bridgehead atoms. The van der Waals surface area contributed by atoms with Gasteiger partial charge in [0.15, 0.2) is 5.01 Å². The van der Waals surface area contributed by atoms with Crippen molar-refractivity contribution in [2.75, 3.05) is 26.2 Å². The van der Waals surface area contributed by atoms with Crippen LogP contribution in [0.3, 0.4) is 0 Å². The van der Waals surface area contributed by atoms with Gasteiger partial charge >= 0.3 is 0 Å². The molecule has 11 heteroatoms. The second kappa shape index (κ2) is 8.84. The summed E-state index contributed by atoms with van der Waals surface area (Å²) in [5.41, 5.74) is 1.07. The van der Waals surface area contributed by atoms with Gasteiger partial charge in [-0.25, -0.2) is 17.4 Å². The Morgan fingerprint density at radius 3 is 2.50 bits per heavy atom. The third-order valence-electron chi connectivity index (χ3n) is 6.74. The molecule has 1 N–H and O–H groups in total. The molecular weight excluding hydrogens is 498 g/mol. The first kappa shape index (κ1) is 22.9. The van der Waals surface area contributed by atoms with Crippen molar-refractivity contribution in [1.29, 1.82) is 0 Å². The molecule has 2 fully saturated rings. The first-order chi connectivity index (χ1) is 17.4. The number of hydrogen-bond acceptors (Lipinski definition) is 7. The fraction of sp³-hybridized carbons (Fsp3) is 0.240. The first-order valence-electron chi connectivity index (χ1n) is 11.6. The van der Waals surface area contributed by atoms with Crippen LogP contribution in [0.25, 0.3) is 10.9 Å². The summed E-state index contributed by atoms with van der Waals surface area (Å²) < 4.78 is 27.3. The topological polar surface area (TPSA) is 105 Å². The summed E-state index contributed by atoms with van der Waals surface area (Å²) >= 11 is 1.32. The van der Waals surface area contributed by atoms with E-state index >= 15 is 0 Å². The van der Waals surface area contributed by atoms with Crippen LogP contribution in [0.1, 0.15) is 20.2 Å². The van der Waals surface area contributed by atoms with Crippen molar-refractivity contribution in [3.05, 3.63) is 82.9 Å². The Labute approximate surface area is 212 Å². The van der Waals surface area contributed by atoms with Crippen molar-refractivity contribution in [1.82, 2.24) is 24.1 Å². The average Bonchev–Trinajstić information content (AvgIpc) is 3.52. The van der Waals surface area contributed by atoms with Crippen LogP contribution in [0.2, 0.25) is 0 Å². The highest BCUT2D eigenvalue weighted by Crippen LogP contribution is 2.26. The number of nitrogens with zero attached hydrogens (tertiary/aromatic N) is 4. The minimum Gasteiger partial charge on any atom is -0.345 e. The maximum atomic E-state index is 13.0. The van der Waals surface area contributed by atoms with Crippen LogP contribution in [-0.4, -0.2) is 77.3 Å². The SMILES string of the molecule is O=C(NC1CN(C2CN(C(=O)c3ccc4c(ccn4S(=O)(=O)c4ccccc4)c3)C2)C1)c1nccs1. The van der Waals surface area contributed by atoms with Crippen LogP contribution < -0.4 is 5.32 Å². The highest BCUT2D eigenvalue weighted by molar-refractivity contribution is 7.90. The minimum atomic E-state index is -3.72. The average molecular weight is 522 g/mol. The van der Waals surface area contributed by atoms with Gasteiger partial charge in [-0.15, -0.1) is 11.3 Å². The summed E-state index contributed by atoms with van der Waals surface area (Å²) in [6.45, 7) is 2.79. The predicted molar refractivity (Wildman–Crippen MR) is 136 cm³/mol. The van der Waals surface area contributed by atoms with E-state index in [1.54, 1.807) is 71.1 Å². The van der Waals surface area contributed by atoms with Crippen molar-refractivity contribution in [2.45, 2.75) is 17.0 Å². The lowest BCUT2D eigenvalue weighted by Crippen LogP contribution is -2.70. The number of carbonyl (C=O) groups excluding carboxylic acids is 2. The van der Waals surface area contributed by atoms with Crippen molar-refractivity contribution in [3.63, 3.8) is 0 Å². The molecule has 2 saturated heterocycles. The molecule has 4 heterocycles. The number of aromatic nitrogens is 2. The Morgan fingerprint density at radius 1 is 1.00 bits per heavy atom. The number of nitrogens with one attached hydrogen (secondary N) is 1. The molecule has 0 saturated carbocycles. The summed E-state index contributed by atoms with van der Waals surface area (Å²) in [4.78, 5) is 33.5. The first-order valence-corrected chi connectivity index (χ1v) is 13.9. The smallest absolute Gasteiger partial charge is 0.280 e. The predicted octanol–water partition coefficient (Wildman–Crippen LogP) is 2.27. The lowest BCUT2D eigenvalue weighted by molar-refractivity contribution is -0.00940. The summed E-state index contributed by atoms with van der Waals surface area (Å²) in [7, 11) is -3.72. The molecule has 184 valence electrons. The molecule has 2 aliphatic heterocycles. The lowest BCUT2D eigenvalue weighted by atomic mass is 9.98. The summed E-state index contributed by atoms with van der Waals surface area (Å²) in [5, 5.41) is 5.94. The molecule has 2 amide bonds. The molecular formula is C25H23N5O4S2. The molecule has 0 unspecified atom stereocenters. The van der Waals surface area contributed by atoms with Gasteiger partial charge in [-0.1, -0.05) is 18.2 Å². The van der Waals surface area contributed by atoms with Crippen LogP contribution in [0.15, 0.2) is 77.3 Å². The van der Waals surface area contributed by atoms with E-state index < -0.39 is 10.0 Å². The number of fused-ring (bicyclic) bond motifs is 1. The number of amides is 2. The summed E-state index contributed by atoms with van der Waals surface area (Å²) in [6, 6.07) is 15.5. The molecule has 0 aliphatic carbocycles. The van der Waals surface area contributed by atoms with Crippen LogP contribution in [0, 0.1) is 0 Å². The maximum absolute atomic E-state index is 13.0. The molecule has 2 aromatic carbocycles. The summed E-state index contributed by atoms with van der Waals surface area (Å²) in [6.07, 6.45) is 3.14. The fourth-order valence-electron chi connectivity index (χ4n) is 4.69. The van der Waals surface area contributed by atoms with Crippen LogP contribution in [0.4, 0.5) is 0 Å². The molecule has 2 aromatic heterocycles. The zero-order valence-electron chi connectivity index (χ0n) is 19.1. The van der Waals surface area contributed by atoms with Gasteiger partial charge in [0.1, 0.15) is 0 Å². The molecule has 0 atom stereocenters. The van der Waals surface area contributed by atoms with E-state index in [4.69, 9.17) is 0 Å². The Balaban J connectivity index is 1.07. The Hall–Kier alpha value is -3.54. The van der Waals surface area contributed by atoms with Gasteiger partial charge in [-0.2, -0.15) is 0 Å². The Bertz CT molecular complexity index is 1540. The molecule has 4 aromatic rings. The van der Waals surface area contributed by atoms with Gasteiger partial charge in [0.2, 0.25) is 0 Å². The highest BCUT2D eigenvalue weighted by Gasteiger charge is 2.41. The third-order valence-corrected chi connectivity index (χ3v) is 9.21. The van der Waals surface area contributed by atoms with Gasteiger partial charge in [-0.05, 0) is 36.4 Å². The number of benzene rings is 2. The molecule has 2 aliphatic rings. The van der Waals surface area contributed by atoms with Gasteiger partial charge in [-0.3, -0.25) is 14.5 Å². The molecule has 9 nitrogen and oxygen atoms in total. The zero-order valence-corrected chi connectivity index (χ0v) is 20.8. The number of rotatable bonds is 6. The Kier molecular flexibility index (Phi) is 5.62. The number of carbonyl (C=O) groups is 2. The van der Waals surface area contributed by atoms with Gasteiger partial charge in [0.05, 0.1) is 16.5 Å². The lowest BCUT2D eigenvalue weighted by Gasteiger charge is -2.51. The summed E-state index contributed by atoms with van der Waals surface area (Å²) in [5.74, 6) is -0.207. The maximum Gasteiger partial charge on any atom is 0.280 e. The van der Waals surface area contributed by atoms with E-state index in [1.807, 2.05) is 0 Å². The van der Waals surface area contributed by atoms with E-state index in [0.29, 0.717) is 34.6 Å². The second-order valence-corrected chi connectivity index (χ2v) is 11.7. The zero-order chi connectivity index (χ0) is 24.9. The number of thiazole rings is 1. The van der Waals surface area contributed by atoms with E-state index in [-0.39, 0.29) is 28.8 Å². The van der Waals surface area contributed by atoms with E-state index in [2.05, 4.69) is 15.2 Å². The molecule has 0 spiro atoms. The number of likely N-dealkylation sites (tertiary alicyclic amines) is 2. The van der Waals surface area contributed by atoms with E-state index in [0.717, 1.165) is 13.1 Å². The van der Waals surface area contributed by atoms with Crippen LogP contribution in [-0.2, 0) is 10.0 Å². The fourth-order valence-corrected chi connectivity index (χ4v) is 6.60. The van der Waals surface area contributed by atoms with Crippen LogP contribution in [0.5, 0.6) is 0 Å². The molecule has 36 heavy (non-hydrogen) atoms. The Morgan fingerprint density at radius 2 is 1.78 bits per heavy atom. The quantitative estimate of drug-likeness (QED) is 0.418. The monoisotopic (exact) mass is 521 g/mol. The van der Waals surface area contributed by atoms with Gasteiger partial charge in [0, 0.05) is 60.9 Å². The van der Waals surface area contributed by atoms with Crippen molar-refractivity contribution < 1.29 is 18.0 Å². The van der Waals surface area contributed by atoms with Crippen molar-refractivity contribution in [2.24, 2.45) is 0 Å². The largest absolute Gasteiger partial charge is 0.345 e. The van der Waals surface area contributed by atoms with E-state index in [1.165, 1.54) is 21.5 Å². The van der Waals surface area contributed by atoms with Gasteiger partial charge < -0.3 is 10.2 Å². The van der Waals surface area contributed by atoms with Crippen molar-refractivity contribution in [3.8, 4) is 0 Å². The van der Waals surface area contributed by atoms with Crippen LogP contribution >= 0.6 is 11.3 Å². The normalized spacial score (nSPS) is 17.1. The minimum absolute atomic E-state index is 0.0686. The second-order valence-electron chi connectivity index (χ2n) is 9.03.